The summed E-state index contributed by atoms with van der Waals surface area (Å²) in [5, 5.41) is 11.3. The van der Waals surface area contributed by atoms with Gasteiger partial charge in [-0.3, -0.25) is 9.36 Å². The minimum absolute atomic E-state index is 0.154. The third kappa shape index (κ3) is 3.68. The molecule has 1 atom stereocenters. The molecule has 1 aliphatic carbocycles. The standard InChI is InChI=1S/C20H22NO5P/c1-5-25-27(24,12-19(22)23)20-15-8-6-13(2)10-17(15)26-18-11-14(21(3)4)7-9-16(18)20/h6-11H,5,12H2,1-4H3/p+1. The van der Waals surface area contributed by atoms with E-state index in [1.165, 1.54) is 0 Å². The van der Waals surface area contributed by atoms with Crippen LogP contribution in [-0.4, -0.2) is 37.9 Å². The van der Waals surface area contributed by atoms with Gasteiger partial charge in [0.05, 0.1) is 18.0 Å². The van der Waals surface area contributed by atoms with E-state index in [1.807, 2.05) is 62.0 Å². The van der Waals surface area contributed by atoms with E-state index in [0.717, 1.165) is 10.9 Å². The number of carbonyl (C=O) groups is 1. The number of fused-ring (bicyclic) bond motifs is 2. The summed E-state index contributed by atoms with van der Waals surface area (Å²) in [4.78, 5) is 11.5. The first-order chi connectivity index (χ1) is 12.7. The van der Waals surface area contributed by atoms with Crippen LogP contribution in [0.15, 0.2) is 40.8 Å². The van der Waals surface area contributed by atoms with E-state index in [1.54, 1.807) is 6.92 Å². The summed E-state index contributed by atoms with van der Waals surface area (Å²) in [5.74, 6) is -0.620. The van der Waals surface area contributed by atoms with Crippen molar-refractivity contribution in [3.63, 3.8) is 0 Å². The Hall–Kier alpha value is -2.43. The second kappa shape index (κ2) is 7.29. The Bertz CT molecular complexity index is 1110. The van der Waals surface area contributed by atoms with Crippen molar-refractivity contribution >= 4 is 29.6 Å². The van der Waals surface area contributed by atoms with Crippen LogP contribution >= 0.6 is 7.37 Å². The summed E-state index contributed by atoms with van der Waals surface area (Å²) in [6, 6.07) is 11.1. The number of carboxylic acid groups (broad SMARTS) is 1. The first-order valence-corrected chi connectivity index (χ1v) is 10.5. The van der Waals surface area contributed by atoms with Crippen molar-refractivity contribution in [2.75, 3.05) is 26.9 Å². The lowest BCUT2D eigenvalue weighted by molar-refractivity contribution is -0.134. The van der Waals surface area contributed by atoms with Crippen LogP contribution in [0.1, 0.15) is 12.5 Å². The number of aryl methyl sites for hydroxylation is 1. The third-order valence-corrected chi connectivity index (χ3v) is 6.90. The highest BCUT2D eigenvalue weighted by Gasteiger charge is 2.35. The van der Waals surface area contributed by atoms with Crippen molar-refractivity contribution in [3.05, 3.63) is 47.3 Å². The van der Waals surface area contributed by atoms with Gasteiger partial charge < -0.3 is 14.0 Å². The molecule has 0 spiro atoms. The predicted molar refractivity (Wildman–Crippen MR) is 106 cm³/mol. The van der Waals surface area contributed by atoms with Gasteiger partial charge in [0.2, 0.25) is 12.7 Å². The fraction of sp³-hybridized carbons (Fsp3) is 0.300. The number of benzene rings is 2. The summed E-state index contributed by atoms with van der Waals surface area (Å²) in [7, 11) is 0.193. The molecule has 1 unspecified atom stereocenters. The molecule has 1 heterocycles. The van der Waals surface area contributed by atoms with Crippen LogP contribution in [-0.2, 0) is 13.9 Å². The lowest BCUT2D eigenvalue weighted by atomic mass is 10.1. The number of nitrogens with zero attached hydrogens (tertiary/aromatic N) is 1. The van der Waals surface area contributed by atoms with Crippen molar-refractivity contribution in [1.82, 2.24) is 4.58 Å². The normalized spacial score (nSPS) is 13.6. The van der Waals surface area contributed by atoms with Gasteiger partial charge in [-0.05, 0) is 31.5 Å². The van der Waals surface area contributed by atoms with E-state index in [0.29, 0.717) is 27.6 Å². The quantitative estimate of drug-likeness (QED) is 0.413. The lowest BCUT2D eigenvalue weighted by Crippen LogP contribution is -2.24. The maximum absolute atomic E-state index is 13.7. The third-order valence-electron chi connectivity index (χ3n) is 4.37. The molecule has 1 N–H and O–H groups in total. The minimum atomic E-state index is -3.65. The fourth-order valence-corrected chi connectivity index (χ4v) is 5.44. The van der Waals surface area contributed by atoms with E-state index in [4.69, 9.17) is 8.94 Å². The van der Waals surface area contributed by atoms with E-state index < -0.39 is 19.5 Å². The molecular weight excluding hydrogens is 365 g/mol. The second-order valence-corrected chi connectivity index (χ2v) is 9.04. The number of hydrogen-bond acceptors (Lipinski definition) is 4. The molecule has 1 aromatic carbocycles. The van der Waals surface area contributed by atoms with Crippen molar-refractivity contribution in [2.45, 2.75) is 13.8 Å². The van der Waals surface area contributed by atoms with E-state index >= 15 is 0 Å². The van der Waals surface area contributed by atoms with Gasteiger partial charge in [-0.15, -0.1) is 0 Å². The average molecular weight is 388 g/mol. The second-order valence-electron chi connectivity index (χ2n) is 6.67. The molecule has 3 rings (SSSR count). The molecule has 2 aliphatic rings. The molecule has 142 valence electrons. The summed E-state index contributed by atoms with van der Waals surface area (Å²) < 4.78 is 27.3. The van der Waals surface area contributed by atoms with Crippen molar-refractivity contribution in [3.8, 4) is 11.3 Å². The predicted octanol–water partition coefficient (Wildman–Crippen LogP) is 2.90. The molecule has 1 aromatic rings. The van der Waals surface area contributed by atoms with Gasteiger partial charge in [-0.1, -0.05) is 12.1 Å². The van der Waals surface area contributed by atoms with Crippen LogP contribution in [0, 0.1) is 6.92 Å². The molecule has 0 bridgehead atoms. The monoisotopic (exact) mass is 388 g/mol. The number of carboxylic acids is 1. The molecule has 27 heavy (non-hydrogen) atoms. The van der Waals surface area contributed by atoms with Gasteiger partial charge in [-0.2, -0.15) is 0 Å². The molecule has 0 saturated carbocycles. The molecule has 1 aliphatic heterocycles. The number of aliphatic carboxylic acids is 1. The van der Waals surface area contributed by atoms with Crippen LogP contribution in [0.25, 0.3) is 22.3 Å². The summed E-state index contributed by atoms with van der Waals surface area (Å²) in [6.07, 6.45) is -0.571. The first kappa shape index (κ1) is 19.3. The Morgan fingerprint density at radius 3 is 2.59 bits per heavy atom. The molecule has 6 nitrogen and oxygen atoms in total. The first-order valence-electron chi connectivity index (χ1n) is 8.68. The summed E-state index contributed by atoms with van der Waals surface area (Å²) in [5.41, 5.74) is 2.15. The molecular formula is C20H23NO5P+. The average Bonchev–Trinajstić information content (AvgIpc) is 2.58. The van der Waals surface area contributed by atoms with E-state index in [9.17, 15) is 14.5 Å². The highest BCUT2D eigenvalue weighted by Crippen LogP contribution is 2.50. The van der Waals surface area contributed by atoms with Gasteiger partial charge in [0, 0.05) is 17.0 Å². The van der Waals surface area contributed by atoms with Gasteiger partial charge in [0.25, 0.3) is 0 Å². The summed E-state index contributed by atoms with van der Waals surface area (Å²) >= 11 is 0. The molecule has 0 aromatic heterocycles. The largest absolute Gasteiger partial charge is 0.481 e. The van der Waals surface area contributed by atoms with Gasteiger partial charge in [-0.25, -0.2) is 4.58 Å². The minimum Gasteiger partial charge on any atom is -0.481 e. The maximum atomic E-state index is 13.7. The van der Waals surface area contributed by atoms with Crippen LogP contribution in [0.3, 0.4) is 0 Å². The number of rotatable bonds is 5. The van der Waals surface area contributed by atoms with Gasteiger partial charge >= 0.3 is 5.97 Å². The van der Waals surface area contributed by atoms with Crippen LogP contribution in [0.4, 0.5) is 0 Å². The lowest BCUT2D eigenvalue weighted by Gasteiger charge is -2.22. The Morgan fingerprint density at radius 1 is 1.22 bits per heavy atom. The Morgan fingerprint density at radius 2 is 1.96 bits per heavy atom. The molecule has 0 saturated heterocycles. The molecule has 7 heteroatoms. The topological polar surface area (TPSA) is 79.8 Å². The zero-order valence-corrected chi connectivity index (χ0v) is 16.7. The summed E-state index contributed by atoms with van der Waals surface area (Å²) in [6.45, 7) is 3.80. The van der Waals surface area contributed by atoms with Crippen LogP contribution in [0.5, 0.6) is 0 Å². The SMILES string of the molecule is CCOP(=O)(CC(=O)O)c1c2ccc(=[N+](C)C)cc-2oc2cc(C)ccc12. The smallest absolute Gasteiger partial charge is 0.313 e. The molecule has 0 radical (unpaired) electrons. The Kier molecular flexibility index (Phi) is 5.22. The zero-order valence-electron chi connectivity index (χ0n) is 15.9. The van der Waals surface area contributed by atoms with E-state index in [2.05, 4.69) is 0 Å². The zero-order chi connectivity index (χ0) is 19.8. The maximum Gasteiger partial charge on any atom is 0.313 e. The Labute approximate surface area is 157 Å². The fourth-order valence-electron chi connectivity index (χ4n) is 3.19. The van der Waals surface area contributed by atoms with Crippen LogP contribution < -0.4 is 15.2 Å². The van der Waals surface area contributed by atoms with Crippen molar-refractivity contribution in [1.29, 1.82) is 0 Å². The molecule has 0 fully saturated rings. The highest BCUT2D eigenvalue weighted by molar-refractivity contribution is 7.68. The Balaban J connectivity index is 2.49. The highest BCUT2D eigenvalue weighted by atomic mass is 31.2. The van der Waals surface area contributed by atoms with Crippen LogP contribution in [0.2, 0.25) is 0 Å². The number of hydrogen-bond donors (Lipinski definition) is 1. The van der Waals surface area contributed by atoms with Crippen molar-refractivity contribution < 1.29 is 23.4 Å². The van der Waals surface area contributed by atoms with Gasteiger partial charge in [0.1, 0.15) is 31.6 Å². The van der Waals surface area contributed by atoms with Crippen molar-refractivity contribution in [2.24, 2.45) is 0 Å². The van der Waals surface area contributed by atoms with Gasteiger partial charge in [0.15, 0.2) is 0 Å². The molecule has 0 amide bonds. The van der Waals surface area contributed by atoms with E-state index in [-0.39, 0.29) is 6.61 Å².